The maximum Gasteiger partial charge on any atom is 0.118 e. The van der Waals surface area contributed by atoms with Crippen LogP contribution in [0.4, 0.5) is 0 Å². The van der Waals surface area contributed by atoms with Gasteiger partial charge >= 0.3 is 0 Å². The van der Waals surface area contributed by atoms with Gasteiger partial charge in [-0.2, -0.15) is 24.7 Å². The summed E-state index contributed by atoms with van der Waals surface area (Å²) in [5.74, 6) is 0.903. The zero-order valence-electron chi connectivity index (χ0n) is 12.7. The van der Waals surface area contributed by atoms with Gasteiger partial charge < -0.3 is 39.9 Å². The van der Waals surface area contributed by atoms with E-state index in [1.165, 1.54) is 11.1 Å². The van der Waals surface area contributed by atoms with E-state index in [4.69, 9.17) is 4.74 Å². The van der Waals surface area contributed by atoms with Crippen LogP contribution in [0.1, 0.15) is 11.1 Å². The van der Waals surface area contributed by atoms with E-state index in [0.29, 0.717) is 0 Å². The second-order valence-electron chi connectivity index (χ2n) is 4.71. The SMILES string of the molecule is COc1ccc(CNC[c-]2[cH-][cH-][cH-][cH-]2)cc1.[Fe].c1cc[cH-]c1. The molecule has 0 heterocycles. The Labute approximate surface area is 143 Å². The summed E-state index contributed by atoms with van der Waals surface area (Å²) in [7, 11) is 1.68. The van der Waals surface area contributed by atoms with Crippen LogP contribution in [0, 0.1) is 0 Å². The third kappa shape index (κ3) is 6.77. The van der Waals surface area contributed by atoms with Crippen LogP contribution in [-0.4, -0.2) is 7.11 Å². The maximum absolute atomic E-state index is 5.11. The fourth-order valence-corrected chi connectivity index (χ4v) is 1.95. The van der Waals surface area contributed by atoms with Crippen LogP contribution in [0.2, 0.25) is 0 Å². The van der Waals surface area contributed by atoms with Crippen LogP contribution in [0.25, 0.3) is 0 Å². The topological polar surface area (TPSA) is 21.3 Å². The van der Waals surface area contributed by atoms with Crippen LogP contribution >= 0.6 is 0 Å². The van der Waals surface area contributed by atoms with Crippen molar-refractivity contribution in [2.24, 2.45) is 0 Å². The van der Waals surface area contributed by atoms with Gasteiger partial charge in [0.25, 0.3) is 0 Å². The number of hydrogen-bond acceptors (Lipinski definition) is 2. The molecule has 0 unspecified atom stereocenters. The van der Waals surface area contributed by atoms with Gasteiger partial charge in [0.1, 0.15) is 5.75 Å². The van der Waals surface area contributed by atoms with Crippen molar-refractivity contribution in [3.05, 3.63) is 90.0 Å². The molecule has 3 aromatic rings. The average Bonchev–Trinajstić information content (AvgIpc) is 3.24. The van der Waals surface area contributed by atoms with Crippen LogP contribution in [0.5, 0.6) is 5.75 Å². The van der Waals surface area contributed by atoms with Crippen LogP contribution in [0.3, 0.4) is 0 Å². The van der Waals surface area contributed by atoms with E-state index in [-0.39, 0.29) is 17.1 Å². The molecule has 0 bridgehead atoms. The average molecular weight is 335 g/mol. The molecule has 0 aliphatic heterocycles. The van der Waals surface area contributed by atoms with Crippen molar-refractivity contribution >= 4 is 0 Å². The summed E-state index contributed by atoms with van der Waals surface area (Å²) in [6.45, 7) is 1.80. The number of hydrogen-bond donors (Lipinski definition) is 1. The maximum atomic E-state index is 5.11. The quantitative estimate of drug-likeness (QED) is 0.560. The molecule has 3 rings (SSSR count). The molecule has 0 radical (unpaired) electrons. The van der Waals surface area contributed by atoms with E-state index >= 15 is 0 Å². The third-order valence-electron chi connectivity index (χ3n) is 3.10. The molecule has 0 saturated carbocycles. The van der Waals surface area contributed by atoms with Crippen molar-refractivity contribution < 1.29 is 21.8 Å². The predicted octanol–water partition coefficient (Wildman–Crippen LogP) is 4.11. The zero-order chi connectivity index (χ0) is 14.8. The Morgan fingerprint density at radius 1 is 1.05 bits per heavy atom. The summed E-state index contributed by atoms with van der Waals surface area (Å²) >= 11 is 0. The van der Waals surface area contributed by atoms with Gasteiger partial charge in [-0.3, -0.25) is 0 Å². The van der Waals surface area contributed by atoms with Crippen molar-refractivity contribution in [3.63, 3.8) is 0 Å². The molecular formula is C19H21FeNO-6. The van der Waals surface area contributed by atoms with Gasteiger partial charge in [-0.25, -0.2) is 12.1 Å². The first-order valence-corrected chi connectivity index (χ1v) is 7.09. The van der Waals surface area contributed by atoms with Crippen LogP contribution < -0.4 is 10.1 Å². The summed E-state index contributed by atoms with van der Waals surface area (Å²) in [5.41, 5.74) is 2.60. The van der Waals surface area contributed by atoms with Crippen molar-refractivity contribution in [3.8, 4) is 5.75 Å². The van der Waals surface area contributed by atoms with Crippen molar-refractivity contribution in [2.45, 2.75) is 13.1 Å². The molecule has 0 atom stereocenters. The minimum absolute atomic E-state index is 0. The Balaban J connectivity index is 0.000000344. The second kappa shape index (κ2) is 10.9. The van der Waals surface area contributed by atoms with Gasteiger partial charge in [0.05, 0.1) is 7.11 Å². The molecule has 0 aliphatic carbocycles. The monoisotopic (exact) mass is 335 g/mol. The normalized spacial score (nSPS) is 9.32. The van der Waals surface area contributed by atoms with Gasteiger partial charge in [-0.05, 0) is 17.7 Å². The summed E-state index contributed by atoms with van der Waals surface area (Å²) in [6.07, 6.45) is 0. The van der Waals surface area contributed by atoms with E-state index in [2.05, 4.69) is 41.7 Å². The van der Waals surface area contributed by atoms with Crippen LogP contribution in [-0.2, 0) is 30.2 Å². The molecule has 0 spiro atoms. The van der Waals surface area contributed by atoms with E-state index in [0.717, 1.165) is 18.8 Å². The summed E-state index contributed by atoms with van der Waals surface area (Å²) in [4.78, 5) is 0. The van der Waals surface area contributed by atoms with E-state index in [1.54, 1.807) is 7.11 Å². The molecule has 0 saturated heterocycles. The van der Waals surface area contributed by atoms with Gasteiger partial charge in [0.15, 0.2) is 0 Å². The Bertz CT molecular complexity index is 553. The first-order chi connectivity index (χ1) is 10.4. The van der Waals surface area contributed by atoms with Gasteiger partial charge in [0, 0.05) is 23.6 Å². The summed E-state index contributed by atoms with van der Waals surface area (Å²) in [5, 5.41) is 3.40. The standard InChI is InChI=1S/C14H16NO.C5H5.Fe/c1-16-14-8-6-13(7-9-14)11-15-10-12-4-2-3-5-12;1-2-4-5-3-1;/h2-9,15H,10-11H2,1H3;1-5H;/q-5;-1;. The first kappa shape index (κ1) is 18.2. The van der Waals surface area contributed by atoms with Crippen molar-refractivity contribution in [2.75, 3.05) is 7.11 Å². The zero-order valence-corrected chi connectivity index (χ0v) is 13.8. The molecule has 0 amide bonds. The Morgan fingerprint density at radius 3 is 2.18 bits per heavy atom. The molecule has 122 valence electrons. The molecule has 3 heteroatoms. The molecule has 0 aliphatic rings. The first-order valence-electron chi connectivity index (χ1n) is 7.09. The molecule has 0 fully saturated rings. The van der Waals surface area contributed by atoms with E-state index < -0.39 is 0 Å². The van der Waals surface area contributed by atoms with Gasteiger partial charge in [-0.15, -0.1) is 0 Å². The van der Waals surface area contributed by atoms with E-state index in [1.807, 2.05) is 42.5 Å². The minimum Gasteiger partial charge on any atom is -0.748 e. The number of ether oxygens (including phenoxy) is 1. The molecule has 0 aromatic heterocycles. The van der Waals surface area contributed by atoms with Crippen molar-refractivity contribution in [1.29, 1.82) is 0 Å². The third-order valence-corrected chi connectivity index (χ3v) is 3.10. The number of methoxy groups -OCH3 is 1. The van der Waals surface area contributed by atoms with Gasteiger partial charge in [-0.1, -0.05) is 12.1 Å². The van der Waals surface area contributed by atoms with E-state index in [9.17, 15) is 0 Å². The number of nitrogens with one attached hydrogen (secondary N) is 1. The molecule has 2 nitrogen and oxygen atoms in total. The second-order valence-corrected chi connectivity index (χ2v) is 4.71. The van der Waals surface area contributed by atoms with Crippen LogP contribution in [0.15, 0.2) is 78.9 Å². The molecular weight excluding hydrogens is 314 g/mol. The Morgan fingerprint density at radius 2 is 1.68 bits per heavy atom. The number of rotatable bonds is 5. The fraction of sp³-hybridized carbons (Fsp3) is 0.158. The summed E-state index contributed by atoms with van der Waals surface area (Å²) in [6, 6.07) is 26.5. The molecule has 3 aromatic carbocycles. The predicted molar refractivity (Wildman–Crippen MR) is 87.6 cm³/mol. The smallest absolute Gasteiger partial charge is 0.118 e. The Kier molecular flexibility index (Phi) is 9.01. The van der Waals surface area contributed by atoms with Gasteiger partial charge in [0.2, 0.25) is 0 Å². The molecule has 22 heavy (non-hydrogen) atoms. The Hall–Kier alpha value is -1.80. The van der Waals surface area contributed by atoms with Crippen molar-refractivity contribution in [1.82, 2.24) is 5.32 Å². The minimum atomic E-state index is 0. The molecule has 1 N–H and O–H groups in total. The largest absolute Gasteiger partial charge is 0.748 e. The summed E-state index contributed by atoms with van der Waals surface area (Å²) < 4.78 is 5.11. The number of benzene rings is 1. The fourth-order valence-electron chi connectivity index (χ4n) is 1.95.